The van der Waals surface area contributed by atoms with Gasteiger partial charge in [0.25, 0.3) is 0 Å². The predicted octanol–water partition coefficient (Wildman–Crippen LogP) is 3.16. The maximum absolute atomic E-state index is 9.08. The van der Waals surface area contributed by atoms with E-state index >= 15 is 0 Å². The fourth-order valence-corrected chi connectivity index (χ4v) is 1.72. The summed E-state index contributed by atoms with van der Waals surface area (Å²) < 4.78 is 0. The van der Waals surface area contributed by atoms with Crippen molar-refractivity contribution >= 4 is 10.9 Å². The monoisotopic (exact) mass is 184 g/mol. The van der Waals surface area contributed by atoms with Gasteiger partial charge in [0.2, 0.25) is 0 Å². The quantitative estimate of drug-likeness (QED) is 0.726. The summed E-state index contributed by atoms with van der Waals surface area (Å²) in [7, 11) is 0. The minimum absolute atomic E-state index is 0.358. The van der Waals surface area contributed by atoms with Gasteiger partial charge in [-0.3, -0.25) is 0 Å². The molecule has 2 nitrogen and oxygen atoms in total. The minimum Gasteiger partial charge on any atom is -0.357 e. The van der Waals surface area contributed by atoms with Crippen LogP contribution < -0.4 is 0 Å². The van der Waals surface area contributed by atoms with E-state index < -0.39 is 0 Å². The summed E-state index contributed by atoms with van der Waals surface area (Å²) in [4.78, 5) is 3.29. The van der Waals surface area contributed by atoms with Gasteiger partial charge in [-0.2, -0.15) is 5.26 Å². The molecule has 0 atom stereocenters. The Labute approximate surface area is 83.2 Å². The number of hydrogen-bond acceptors (Lipinski definition) is 1. The number of fused-ring (bicyclic) bond motifs is 1. The number of aromatic nitrogens is 1. The maximum atomic E-state index is 9.08. The average molecular weight is 184 g/mol. The molecule has 0 aliphatic heterocycles. The van der Waals surface area contributed by atoms with Gasteiger partial charge in [-0.05, 0) is 12.0 Å². The van der Waals surface area contributed by atoms with E-state index in [1.54, 1.807) is 0 Å². The molecule has 2 heteroatoms. The predicted molar refractivity (Wildman–Crippen MR) is 57.1 cm³/mol. The van der Waals surface area contributed by atoms with Crippen molar-refractivity contribution in [2.75, 3.05) is 0 Å². The van der Waals surface area contributed by atoms with Gasteiger partial charge < -0.3 is 4.98 Å². The number of nitriles is 1. The molecule has 0 saturated heterocycles. The van der Waals surface area contributed by atoms with Crippen LogP contribution in [-0.2, 0) is 0 Å². The van der Waals surface area contributed by atoms with Crippen molar-refractivity contribution in [3.63, 3.8) is 0 Å². The number of nitrogens with zero attached hydrogens (tertiary/aromatic N) is 1. The molecule has 2 rings (SSSR count). The molecule has 0 saturated carbocycles. The third-order valence-electron chi connectivity index (χ3n) is 2.42. The molecule has 2 aromatic rings. The molecule has 1 aromatic carbocycles. The Bertz CT molecular complexity index is 501. The van der Waals surface area contributed by atoms with Gasteiger partial charge >= 0.3 is 0 Å². The summed E-state index contributed by atoms with van der Waals surface area (Å²) in [5, 5.41) is 10.1. The first kappa shape index (κ1) is 8.83. The number of aromatic amines is 1. The molecule has 1 heterocycles. The van der Waals surface area contributed by atoms with E-state index in [0.29, 0.717) is 5.92 Å². The SMILES string of the molecule is CC(C)c1[nH]c2ccccc2c1C#N. The van der Waals surface area contributed by atoms with E-state index in [0.717, 1.165) is 22.2 Å². The standard InChI is InChI=1S/C12H12N2/c1-8(2)12-10(7-13)9-5-3-4-6-11(9)14-12/h3-6,8,14H,1-2H3. The van der Waals surface area contributed by atoms with Crippen LogP contribution in [0.25, 0.3) is 10.9 Å². The molecular formula is C12H12N2. The first-order valence-electron chi connectivity index (χ1n) is 4.74. The highest BCUT2D eigenvalue weighted by atomic mass is 14.7. The van der Waals surface area contributed by atoms with Gasteiger partial charge in [-0.1, -0.05) is 32.0 Å². The largest absolute Gasteiger partial charge is 0.357 e. The molecule has 14 heavy (non-hydrogen) atoms. The fraction of sp³-hybridized carbons (Fsp3) is 0.250. The van der Waals surface area contributed by atoms with Crippen LogP contribution in [-0.4, -0.2) is 4.98 Å². The lowest BCUT2D eigenvalue weighted by Gasteiger charge is -2.00. The van der Waals surface area contributed by atoms with Gasteiger partial charge in [0, 0.05) is 16.6 Å². The number of rotatable bonds is 1. The molecule has 0 fully saturated rings. The number of hydrogen-bond donors (Lipinski definition) is 1. The fourth-order valence-electron chi connectivity index (χ4n) is 1.72. The molecule has 0 bridgehead atoms. The molecule has 0 spiro atoms. The van der Waals surface area contributed by atoms with Crippen LogP contribution in [0.3, 0.4) is 0 Å². The highest BCUT2D eigenvalue weighted by Crippen LogP contribution is 2.26. The molecule has 0 aliphatic carbocycles. The lowest BCUT2D eigenvalue weighted by atomic mass is 10.0. The van der Waals surface area contributed by atoms with Crippen LogP contribution in [0.15, 0.2) is 24.3 Å². The van der Waals surface area contributed by atoms with E-state index in [-0.39, 0.29) is 0 Å². The smallest absolute Gasteiger partial charge is 0.102 e. The van der Waals surface area contributed by atoms with Crippen molar-refractivity contribution in [3.05, 3.63) is 35.5 Å². The molecule has 0 amide bonds. The highest BCUT2D eigenvalue weighted by Gasteiger charge is 2.12. The Morgan fingerprint density at radius 3 is 2.64 bits per heavy atom. The van der Waals surface area contributed by atoms with Gasteiger partial charge in [0.05, 0.1) is 5.56 Å². The zero-order valence-electron chi connectivity index (χ0n) is 8.33. The maximum Gasteiger partial charge on any atom is 0.102 e. The summed E-state index contributed by atoms with van der Waals surface area (Å²) in [6.45, 7) is 4.18. The number of H-pyrrole nitrogens is 1. The summed E-state index contributed by atoms with van der Waals surface area (Å²) in [6.07, 6.45) is 0. The highest BCUT2D eigenvalue weighted by molar-refractivity contribution is 5.87. The van der Waals surface area contributed by atoms with Crippen molar-refractivity contribution in [1.82, 2.24) is 4.98 Å². The van der Waals surface area contributed by atoms with E-state index in [9.17, 15) is 0 Å². The zero-order chi connectivity index (χ0) is 10.1. The first-order chi connectivity index (χ1) is 6.74. The number of nitrogens with one attached hydrogen (secondary N) is 1. The topological polar surface area (TPSA) is 39.6 Å². The molecular weight excluding hydrogens is 172 g/mol. The van der Waals surface area contributed by atoms with E-state index in [1.807, 2.05) is 24.3 Å². The molecule has 1 N–H and O–H groups in total. The Kier molecular flexibility index (Phi) is 2.01. The van der Waals surface area contributed by atoms with Gasteiger partial charge in [-0.15, -0.1) is 0 Å². The second-order valence-electron chi connectivity index (χ2n) is 3.73. The third-order valence-corrected chi connectivity index (χ3v) is 2.42. The lowest BCUT2D eigenvalue weighted by molar-refractivity contribution is 0.833. The van der Waals surface area contributed by atoms with Crippen molar-refractivity contribution in [3.8, 4) is 6.07 Å². The summed E-state index contributed by atoms with van der Waals surface area (Å²) in [5.74, 6) is 0.358. The molecule has 1 aromatic heterocycles. The summed E-state index contributed by atoms with van der Waals surface area (Å²) in [5.41, 5.74) is 2.87. The first-order valence-corrected chi connectivity index (χ1v) is 4.74. The molecule has 0 radical (unpaired) electrons. The lowest BCUT2D eigenvalue weighted by Crippen LogP contribution is -1.89. The van der Waals surface area contributed by atoms with Gasteiger partial charge in [0.15, 0.2) is 0 Å². The minimum atomic E-state index is 0.358. The van der Waals surface area contributed by atoms with Crippen molar-refractivity contribution in [2.24, 2.45) is 0 Å². The van der Waals surface area contributed by atoms with Gasteiger partial charge in [-0.25, -0.2) is 0 Å². The molecule has 0 unspecified atom stereocenters. The summed E-state index contributed by atoms with van der Waals surface area (Å²) >= 11 is 0. The van der Waals surface area contributed by atoms with Crippen LogP contribution in [0.2, 0.25) is 0 Å². The Balaban J connectivity index is 2.81. The van der Waals surface area contributed by atoms with Crippen LogP contribution >= 0.6 is 0 Å². The Morgan fingerprint density at radius 1 is 1.29 bits per heavy atom. The van der Waals surface area contributed by atoms with Gasteiger partial charge in [0.1, 0.15) is 6.07 Å². The van der Waals surface area contributed by atoms with Crippen LogP contribution in [0.1, 0.15) is 31.0 Å². The average Bonchev–Trinajstić information content (AvgIpc) is 2.56. The normalized spacial score (nSPS) is 10.7. The van der Waals surface area contributed by atoms with Crippen molar-refractivity contribution in [1.29, 1.82) is 5.26 Å². The molecule has 70 valence electrons. The number of para-hydroxylation sites is 1. The second kappa shape index (κ2) is 3.19. The second-order valence-corrected chi connectivity index (χ2v) is 3.73. The van der Waals surface area contributed by atoms with Crippen LogP contribution in [0.5, 0.6) is 0 Å². The summed E-state index contributed by atoms with van der Waals surface area (Å²) in [6, 6.07) is 10.2. The zero-order valence-corrected chi connectivity index (χ0v) is 8.33. The van der Waals surface area contributed by atoms with E-state index in [2.05, 4.69) is 24.9 Å². The van der Waals surface area contributed by atoms with Crippen molar-refractivity contribution in [2.45, 2.75) is 19.8 Å². The van der Waals surface area contributed by atoms with Crippen LogP contribution in [0.4, 0.5) is 0 Å². The van der Waals surface area contributed by atoms with E-state index in [1.165, 1.54) is 0 Å². The van der Waals surface area contributed by atoms with Crippen molar-refractivity contribution < 1.29 is 0 Å². The van der Waals surface area contributed by atoms with Crippen LogP contribution in [0, 0.1) is 11.3 Å². The van der Waals surface area contributed by atoms with E-state index in [4.69, 9.17) is 5.26 Å². The Hall–Kier alpha value is -1.75. The number of benzene rings is 1. The third kappa shape index (κ3) is 1.18. The Morgan fingerprint density at radius 2 is 2.00 bits per heavy atom. The molecule has 0 aliphatic rings.